The summed E-state index contributed by atoms with van der Waals surface area (Å²) < 4.78 is 30.2. The Morgan fingerprint density at radius 3 is 0.884 bits per heavy atom. The van der Waals surface area contributed by atoms with E-state index in [-0.39, 0.29) is 0 Å². The van der Waals surface area contributed by atoms with Crippen LogP contribution in [0.15, 0.2) is 170 Å². The highest BCUT2D eigenvalue weighted by molar-refractivity contribution is 7.85. The molecule has 0 aliphatic heterocycles. The molecule has 0 atom stereocenters. The summed E-state index contributed by atoms with van der Waals surface area (Å²) >= 11 is 0. The summed E-state index contributed by atoms with van der Waals surface area (Å²) in [5, 5.41) is 7.33. The molecule has 43 heavy (non-hydrogen) atoms. The van der Waals surface area contributed by atoms with Crippen LogP contribution >= 0.6 is 14.3 Å². The molecule has 0 aliphatic carbocycles. The van der Waals surface area contributed by atoms with Gasteiger partial charge in [0.2, 0.25) is 0 Å². The summed E-state index contributed by atoms with van der Waals surface area (Å²) in [6.45, 7) is 4.63. The van der Waals surface area contributed by atoms with E-state index in [1.54, 1.807) is 0 Å². The average molecular weight is 613 g/mol. The molecule has 0 radical (unpaired) electrons. The lowest BCUT2D eigenvalue weighted by Gasteiger charge is -2.28. The summed E-state index contributed by atoms with van der Waals surface area (Å²) in [5.41, 5.74) is 0. The van der Waals surface area contributed by atoms with Crippen molar-refractivity contribution in [2.45, 2.75) is 13.1 Å². The number of hydrogen-bond donors (Lipinski definition) is 0. The Balaban J connectivity index is 1.48. The fourth-order valence-electron chi connectivity index (χ4n) is 5.79. The van der Waals surface area contributed by atoms with Gasteiger partial charge in [-0.05, 0) is 0 Å². The first-order chi connectivity index (χ1) is 20.8. The SMILES string of the molecule is C[Si](C)(c1cccc(P(=O)(c2ccccc2)c2ccccc2)c1)c1cccc(P(=O)(c2ccccc2)c2ccccc2)c1. The van der Waals surface area contributed by atoms with Crippen LogP contribution in [-0.4, -0.2) is 8.07 Å². The quantitative estimate of drug-likeness (QED) is 0.161. The summed E-state index contributed by atoms with van der Waals surface area (Å²) in [6.07, 6.45) is 0. The standard InChI is InChI=1S/C38H34O2P2Si/c1-43(2,37-27-15-25-35(29-37)41(39,31-17-7-3-8-18-31)32-19-9-4-10-20-32)38-28-16-26-36(30-38)42(40,33-21-11-5-12-22-33)34-23-13-6-14-24-34/h3-30H,1-2H3. The van der Waals surface area contributed by atoms with Gasteiger partial charge in [0.25, 0.3) is 0 Å². The molecule has 0 aliphatic rings. The normalized spacial score (nSPS) is 12.1. The highest BCUT2D eigenvalue weighted by Crippen LogP contribution is 2.43. The second-order valence-electron chi connectivity index (χ2n) is 11.3. The maximum atomic E-state index is 15.1. The first-order valence-electron chi connectivity index (χ1n) is 14.5. The van der Waals surface area contributed by atoms with E-state index < -0.39 is 22.4 Å². The molecule has 2 nitrogen and oxygen atoms in total. The van der Waals surface area contributed by atoms with E-state index in [0.29, 0.717) is 0 Å². The Morgan fingerprint density at radius 1 is 0.349 bits per heavy atom. The van der Waals surface area contributed by atoms with Crippen molar-refractivity contribution in [1.82, 2.24) is 0 Å². The van der Waals surface area contributed by atoms with Crippen LogP contribution in [0.25, 0.3) is 0 Å². The minimum Gasteiger partial charge on any atom is -0.309 e. The Kier molecular flexibility index (Phi) is 8.08. The Morgan fingerprint density at radius 2 is 0.605 bits per heavy atom. The zero-order valence-electron chi connectivity index (χ0n) is 24.4. The van der Waals surface area contributed by atoms with Crippen molar-refractivity contribution in [3.05, 3.63) is 170 Å². The lowest BCUT2D eigenvalue weighted by atomic mass is 10.3. The van der Waals surface area contributed by atoms with Gasteiger partial charge in [0, 0.05) is 31.8 Å². The van der Waals surface area contributed by atoms with Crippen LogP contribution < -0.4 is 42.2 Å². The molecule has 0 bridgehead atoms. The Bertz CT molecular complexity index is 1710. The maximum absolute atomic E-state index is 15.1. The fourth-order valence-corrected chi connectivity index (χ4v) is 13.8. The largest absolute Gasteiger partial charge is 0.309 e. The third-order valence-corrected chi connectivity index (χ3v) is 18.0. The van der Waals surface area contributed by atoms with Crippen molar-refractivity contribution in [3.63, 3.8) is 0 Å². The van der Waals surface area contributed by atoms with Gasteiger partial charge in [0.15, 0.2) is 14.3 Å². The van der Waals surface area contributed by atoms with Gasteiger partial charge in [-0.15, -0.1) is 0 Å². The topological polar surface area (TPSA) is 34.1 Å². The lowest BCUT2D eigenvalue weighted by Crippen LogP contribution is -2.54. The first kappa shape index (κ1) is 29.1. The van der Waals surface area contributed by atoms with E-state index in [4.69, 9.17) is 0 Å². The first-order valence-corrected chi connectivity index (χ1v) is 20.9. The van der Waals surface area contributed by atoms with Gasteiger partial charge in [-0.25, -0.2) is 0 Å². The molecule has 6 aromatic carbocycles. The molecule has 5 heteroatoms. The van der Waals surface area contributed by atoms with Gasteiger partial charge in [-0.1, -0.05) is 193 Å². The van der Waals surface area contributed by atoms with Crippen molar-refractivity contribution in [3.8, 4) is 0 Å². The molecule has 0 fully saturated rings. The lowest BCUT2D eigenvalue weighted by molar-refractivity contribution is 0.591. The molecular weight excluding hydrogens is 578 g/mol. The average Bonchev–Trinajstić information content (AvgIpc) is 3.09. The molecule has 212 valence electrons. The summed E-state index contributed by atoms with van der Waals surface area (Å²) in [5.74, 6) is 0. The van der Waals surface area contributed by atoms with E-state index in [9.17, 15) is 0 Å². The minimum absolute atomic E-state index is 0.825. The van der Waals surface area contributed by atoms with Crippen molar-refractivity contribution in [1.29, 1.82) is 0 Å². The van der Waals surface area contributed by atoms with Gasteiger partial charge in [0.1, 0.15) is 8.07 Å². The van der Waals surface area contributed by atoms with Crippen LogP contribution in [0.3, 0.4) is 0 Å². The molecular formula is C38H34O2P2Si. The molecule has 0 N–H and O–H groups in total. The molecule has 0 aromatic heterocycles. The molecule has 0 spiro atoms. The number of benzene rings is 6. The van der Waals surface area contributed by atoms with Gasteiger partial charge < -0.3 is 9.13 Å². The van der Waals surface area contributed by atoms with Gasteiger partial charge in [0.05, 0.1) is 0 Å². The minimum atomic E-state index is -3.10. The predicted octanol–water partition coefficient (Wildman–Crippen LogP) is 5.79. The third-order valence-electron chi connectivity index (χ3n) is 8.34. The third kappa shape index (κ3) is 5.34. The van der Waals surface area contributed by atoms with Gasteiger partial charge in [-0.3, -0.25) is 0 Å². The number of rotatable bonds is 8. The van der Waals surface area contributed by atoms with Crippen LogP contribution in [-0.2, 0) is 9.13 Å². The van der Waals surface area contributed by atoms with Gasteiger partial charge >= 0.3 is 0 Å². The van der Waals surface area contributed by atoms with Gasteiger partial charge in [-0.2, -0.15) is 0 Å². The van der Waals surface area contributed by atoms with E-state index in [1.807, 2.05) is 146 Å². The monoisotopic (exact) mass is 612 g/mol. The van der Waals surface area contributed by atoms with Crippen LogP contribution in [0.2, 0.25) is 13.1 Å². The molecule has 0 saturated heterocycles. The highest BCUT2D eigenvalue weighted by Gasteiger charge is 2.35. The summed E-state index contributed by atoms with van der Waals surface area (Å²) in [7, 11) is -8.53. The molecule has 0 heterocycles. The van der Waals surface area contributed by atoms with E-state index in [0.717, 1.165) is 31.8 Å². The van der Waals surface area contributed by atoms with Crippen LogP contribution in [0.5, 0.6) is 0 Å². The molecule has 0 unspecified atom stereocenters. The van der Waals surface area contributed by atoms with Crippen LogP contribution in [0.1, 0.15) is 0 Å². The molecule has 6 rings (SSSR count). The Hall–Kier alpha value is -4.00. The van der Waals surface area contributed by atoms with E-state index in [1.165, 1.54) is 10.4 Å². The second-order valence-corrected chi connectivity index (χ2v) is 21.2. The predicted molar refractivity (Wildman–Crippen MR) is 188 cm³/mol. The summed E-state index contributed by atoms with van der Waals surface area (Å²) in [4.78, 5) is 0. The van der Waals surface area contributed by atoms with Crippen molar-refractivity contribution >= 4 is 64.6 Å². The molecule has 6 aromatic rings. The highest BCUT2D eigenvalue weighted by atomic mass is 31.2. The smallest absolute Gasteiger partial charge is 0.171 e. The van der Waals surface area contributed by atoms with Crippen LogP contribution in [0.4, 0.5) is 0 Å². The zero-order chi connectivity index (χ0) is 29.9. The Labute approximate surface area is 255 Å². The number of hydrogen-bond acceptors (Lipinski definition) is 2. The van der Waals surface area contributed by atoms with Crippen LogP contribution in [0, 0.1) is 0 Å². The maximum Gasteiger partial charge on any atom is 0.171 e. The zero-order valence-corrected chi connectivity index (χ0v) is 27.2. The molecule has 0 saturated carbocycles. The fraction of sp³-hybridized carbons (Fsp3) is 0.0526. The van der Waals surface area contributed by atoms with Crippen molar-refractivity contribution in [2.75, 3.05) is 0 Å². The van der Waals surface area contributed by atoms with E-state index >= 15 is 9.13 Å². The summed E-state index contributed by atoms with van der Waals surface area (Å²) in [6, 6.07) is 56.0. The van der Waals surface area contributed by atoms with E-state index in [2.05, 4.69) is 37.4 Å². The van der Waals surface area contributed by atoms with Crippen molar-refractivity contribution in [2.24, 2.45) is 0 Å². The molecule has 0 amide bonds. The van der Waals surface area contributed by atoms with Crippen molar-refractivity contribution < 1.29 is 9.13 Å². The second kappa shape index (κ2) is 11.9.